The zero-order valence-electron chi connectivity index (χ0n) is 12.0. The number of hydrogen-bond donors (Lipinski definition) is 1. The van der Waals surface area contributed by atoms with Crippen LogP contribution in [0.4, 0.5) is 4.39 Å². The molecule has 21 heavy (non-hydrogen) atoms. The van der Waals surface area contributed by atoms with Gasteiger partial charge >= 0.3 is 0 Å². The highest BCUT2D eigenvalue weighted by Crippen LogP contribution is 2.10. The zero-order valence-corrected chi connectivity index (χ0v) is 12.0. The average Bonchev–Trinajstić information content (AvgIpc) is 2.49. The minimum atomic E-state index is -0.249. The van der Waals surface area contributed by atoms with Gasteiger partial charge in [0.15, 0.2) is 0 Å². The van der Waals surface area contributed by atoms with Crippen LogP contribution in [0.2, 0.25) is 0 Å². The molecule has 0 radical (unpaired) electrons. The predicted octanol–water partition coefficient (Wildman–Crippen LogP) is 2.86. The first-order chi connectivity index (χ1) is 10.1. The molecule has 0 fully saturated rings. The Kier molecular flexibility index (Phi) is 4.87. The van der Waals surface area contributed by atoms with Gasteiger partial charge in [0.1, 0.15) is 5.82 Å². The molecule has 0 aliphatic heterocycles. The third-order valence-corrected chi connectivity index (χ3v) is 2.97. The monoisotopic (exact) mass is 288 g/mol. The van der Waals surface area contributed by atoms with E-state index in [4.69, 9.17) is 4.74 Å². The molecule has 5 heteroatoms. The van der Waals surface area contributed by atoms with E-state index in [2.05, 4.69) is 10.3 Å². The molecule has 1 aromatic heterocycles. The van der Waals surface area contributed by atoms with Crippen LogP contribution in [0.3, 0.4) is 0 Å². The maximum absolute atomic E-state index is 13.2. The second-order valence-corrected chi connectivity index (χ2v) is 4.58. The lowest BCUT2D eigenvalue weighted by Crippen LogP contribution is -2.23. The van der Waals surface area contributed by atoms with E-state index < -0.39 is 0 Å². The Morgan fingerprint density at radius 1 is 1.33 bits per heavy atom. The lowest BCUT2D eigenvalue weighted by Gasteiger charge is -2.07. The second-order valence-electron chi connectivity index (χ2n) is 4.58. The number of amides is 1. The molecule has 2 rings (SSSR count). The number of carbonyl (C=O) groups excluding carboxylic acids is 1. The molecule has 2 aromatic rings. The molecule has 4 nitrogen and oxygen atoms in total. The Labute approximate surface area is 123 Å². The van der Waals surface area contributed by atoms with Crippen LogP contribution in [0, 0.1) is 12.7 Å². The predicted molar refractivity (Wildman–Crippen MR) is 77.7 cm³/mol. The fourth-order valence-corrected chi connectivity index (χ4v) is 1.85. The standard InChI is InChI=1S/C16H17FN2O2/c1-3-21-15-7-5-13(10-18-15)16(20)19-9-12-4-6-14(17)11(2)8-12/h4-8,10H,3,9H2,1-2H3,(H,19,20). The van der Waals surface area contributed by atoms with E-state index in [0.717, 1.165) is 5.56 Å². The molecule has 0 aliphatic rings. The van der Waals surface area contributed by atoms with Crippen molar-refractivity contribution in [3.8, 4) is 5.88 Å². The Morgan fingerprint density at radius 2 is 2.14 bits per heavy atom. The van der Waals surface area contributed by atoms with Crippen molar-refractivity contribution in [2.24, 2.45) is 0 Å². The summed E-state index contributed by atoms with van der Waals surface area (Å²) in [6.45, 7) is 4.43. The number of rotatable bonds is 5. The third-order valence-electron chi connectivity index (χ3n) is 2.97. The van der Waals surface area contributed by atoms with Gasteiger partial charge < -0.3 is 10.1 Å². The first-order valence-electron chi connectivity index (χ1n) is 6.72. The van der Waals surface area contributed by atoms with Gasteiger partial charge in [-0.1, -0.05) is 12.1 Å². The summed E-state index contributed by atoms with van der Waals surface area (Å²) in [5, 5.41) is 2.77. The molecular weight excluding hydrogens is 271 g/mol. The van der Waals surface area contributed by atoms with Crippen LogP contribution in [-0.4, -0.2) is 17.5 Å². The van der Waals surface area contributed by atoms with Gasteiger partial charge in [-0.15, -0.1) is 0 Å². The Morgan fingerprint density at radius 3 is 2.76 bits per heavy atom. The van der Waals surface area contributed by atoms with Crippen LogP contribution in [0.1, 0.15) is 28.4 Å². The maximum atomic E-state index is 13.2. The lowest BCUT2D eigenvalue weighted by atomic mass is 10.1. The van der Waals surface area contributed by atoms with Gasteiger partial charge in [0.25, 0.3) is 5.91 Å². The SMILES string of the molecule is CCOc1ccc(C(=O)NCc2ccc(F)c(C)c2)cn1. The summed E-state index contributed by atoms with van der Waals surface area (Å²) in [5.41, 5.74) is 1.86. The molecule has 110 valence electrons. The Balaban J connectivity index is 1.96. The molecule has 0 spiro atoms. The quantitative estimate of drug-likeness (QED) is 0.920. The van der Waals surface area contributed by atoms with Crippen molar-refractivity contribution in [2.75, 3.05) is 6.61 Å². The smallest absolute Gasteiger partial charge is 0.253 e. The van der Waals surface area contributed by atoms with Crippen molar-refractivity contribution in [3.05, 3.63) is 59.0 Å². The van der Waals surface area contributed by atoms with E-state index in [1.54, 1.807) is 31.2 Å². The molecule has 0 saturated heterocycles. The van der Waals surface area contributed by atoms with Gasteiger partial charge in [-0.05, 0) is 37.1 Å². The van der Waals surface area contributed by atoms with Crippen molar-refractivity contribution in [3.63, 3.8) is 0 Å². The van der Waals surface area contributed by atoms with Gasteiger partial charge in [-0.25, -0.2) is 9.37 Å². The highest BCUT2D eigenvalue weighted by atomic mass is 19.1. The van der Waals surface area contributed by atoms with Crippen molar-refractivity contribution in [2.45, 2.75) is 20.4 Å². The number of aryl methyl sites for hydroxylation is 1. The molecule has 1 N–H and O–H groups in total. The van der Waals surface area contributed by atoms with Gasteiger partial charge in [0.2, 0.25) is 5.88 Å². The number of ether oxygens (including phenoxy) is 1. The molecule has 0 unspecified atom stereocenters. The summed E-state index contributed by atoms with van der Waals surface area (Å²) in [6, 6.07) is 8.07. The minimum Gasteiger partial charge on any atom is -0.478 e. The van der Waals surface area contributed by atoms with Crippen LogP contribution >= 0.6 is 0 Å². The lowest BCUT2D eigenvalue weighted by molar-refractivity contribution is 0.0950. The van der Waals surface area contributed by atoms with Crippen LogP contribution in [0.15, 0.2) is 36.5 Å². The number of benzene rings is 1. The van der Waals surface area contributed by atoms with Crippen molar-refractivity contribution in [1.82, 2.24) is 10.3 Å². The molecule has 0 saturated carbocycles. The van der Waals surface area contributed by atoms with Gasteiger partial charge in [0, 0.05) is 18.8 Å². The molecule has 0 bridgehead atoms. The molecule has 0 aliphatic carbocycles. The van der Waals surface area contributed by atoms with E-state index in [1.165, 1.54) is 12.3 Å². The average molecular weight is 288 g/mol. The molecule has 1 aromatic carbocycles. The summed E-state index contributed by atoms with van der Waals surface area (Å²) < 4.78 is 18.4. The topological polar surface area (TPSA) is 51.2 Å². The number of nitrogens with zero attached hydrogens (tertiary/aromatic N) is 1. The van der Waals surface area contributed by atoms with E-state index in [1.807, 2.05) is 6.92 Å². The van der Waals surface area contributed by atoms with Gasteiger partial charge in [-0.2, -0.15) is 0 Å². The second kappa shape index (κ2) is 6.83. The van der Waals surface area contributed by atoms with Gasteiger partial charge in [0.05, 0.1) is 12.2 Å². The van der Waals surface area contributed by atoms with Crippen molar-refractivity contribution >= 4 is 5.91 Å². The first-order valence-corrected chi connectivity index (χ1v) is 6.72. The van der Waals surface area contributed by atoms with E-state index in [0.29, 0.717) is 30.2 Å². The van der Waals surface area contributed by atoms with Crippen LogP contribution in [0.5, 0.6) is 5.88 Å². The number of nitrogens with one attached hydrogen (secondary N) is 1. The number of aromatic nitrogens is 1. The van der Waals surface area contributed by atoms with E-state index in [-0.39, 0.29) is 11.7 Å². The number of hydrogen-bond acceptors (Lipinski definition) is 3. The number of halogens is 1. The molecule has 0 atom stereocenters. The Hall–Kier alpha value is -2.43. The molecule has 1 amide bonds. The first kappa shape index (κ1) is 15.0. The van der Waals surface area contributed by atoms with Gasteiger partial charge in [-0.3, -0.25) is 4.79 Å². The highest BCUT2D eigenvalue weighted by molar-refractivity contribution is 5.93. The van der Waals surface area contributed by atoms with Crippen molar-refractivity contribution in [1.29, 1.82) is 0 Å². The van der Waals surface area contributed by atoms with Crippen LogP contribution < -0.4 is 10.1 Å². The number of pyridine rings is 1. The normalized spacial score (nSPS) is 10.2. The highest BCUT2D eigenvalue weighted by Gasteiger charge is 2.07. The van der Waals surface area contributed by atoms with E-state index >= 15 is 0 Å². The largest absolute Gasteiger partial charge is 0.478 e. The summed E-state index contributed by atoms with van der Waals surface area (Å²) in [5.74, 6) is 0.0107. The molecule has 1 heterocycles. The third kappa shape index (κ3) is 4.02. The fraction of sp³-hybridized carbons (Fsp3) is 0.250. The van der Waals surface area contributed by atoms with E-state index in [9.17, 15) is 9.18 Å². The summed E-state index contributed by atoms with van der Waals surface area (Å²) in [4.78, 5) is 16.0. The molecular formula is C16H17FN2O2. The van der Waals surface area contributed by atoms with Crippen LogP contribution in [0.25, 0.3) is 0 Å². The van der Waals surface area contributed by atoms with Crippen LogP contribution in [-0.2, 0) is 6.54 Å². The fourth-order valence-electron chi connectivity index (χ4n) is 1.85. The summed E-state index contributed by atoms with van der Waals surface area (Å²) >= 11 is 0. The summed E-state index contributed by atoms with van der Waals surface area (Å²) in [7, 11) is 0. The minimum absolute atomic E-state index is 0.229. The number of carbonyl (C=O) groups is 1. The maximum Gasteiger partial charge on any atom is 0.253 e. The zero-order chi connectivity index (χ0) is 15.2. The Bertz CT molecular complexity index is 627. The summed E-state index contributed by atoms with van der Waals surface area (Å²) in [6.07, 6.45) is 1.47. The van der Waals surface area contributed by atoms with Crippen molar-refractivity contribution < 1.29 is 13.9 Å².